The summed E-state index contributed by atoms with van der Waals surface area (Å²) >= 11 is 0. The van der Waals surface area contributed by atoms with E-state index in [0.29, 0.717) is 57.1 Å². The highest BCUT2D eigenvalue weighted by Crippen LogP contribution is 2.60. The third-order valence-electron chi connectivity index (χ3n) is 19.1. The molecular weight excluding hydrogens is 1220 g/mol. The Morgan fingerprint density at radius 2 is 0.612 bits per heavy atom. The first kappa shape index (κ1) is 60.4. The number of rotatable bonds is 17. The first-order valence-corrected chi connectivity index (χ1v) is 32.4. The Kier molecular flexibility index (Phi) is 15.4. The minimum Gasteiger partial charge on any atom is -0.457 e. The molecule has 0 fully saturated rings. The molecule has 0 bridgehead atoms. The fourth-order valence-electron chi connectivity index (χ4n) is 14.7. The number of ether oxygens (including phenoxy) is 2. The highest BCUT2D eigenvalue weighted by atomic mass is 19.1. The van der Waals surface area contributed by atoms with Crippen molar-refractivity contribution in [1.29, 1.82) is 0 Å². The fraction of sp³-hybridized carbons (Fsp3) is 0.0222. The molecule has 0 heterocycles. The van der Waals surface area contributed by atoms with Crippen LogP contribution in [0, 0.1) is 23.3 Å². The molecule has 0 spiro atoms. The topological polar surface area (TPSA) is 24.9 Å². The quantitative estimate of drug-likeness (QED) is 0.0849. The van der Waals surface area contributed by atoms with Crippen molar-refractivity contribution < 1.29 is 27.0 Å². The van der Waals surface area contributed by atoms with Crippen molar-refractivity contribution in [2.24, 2.45) is 0 Å². The molecule has 0 aromatic heterocycles. The van der Waals surface area contributed by atoms with Crippen molar-refractivity contribution in [2.45, 2.75) is 10.8 Å². The molecule has 2 unspecified atom stereocenters. The summed E-state index contributed by atoms with van der Waals surface area (Å²) in [7, 11) is 0. The fourth-order valence-corrected chi connectivity index (χ4v) is 14.7. The number of benzene rings is 14. The van der Waals surface area contributed by atoms with Gasteiger partial charge in [0.2, 0.25) is 0 Å². The lowest BCUT2D eigenvalue weighted by Gasteiger charge is -2.35. The molecule has 0 radical (unpaired) electrons. The normalized spacial score (nSPS) is 14.7. The van der Waals surface area contributed by atoms with Gasteiger partial charge in [-0.05, 0) is 235 Å². The molecule has 470 valence electrons. The predicted molar refractivity (Wildman–Crippen MR) is 389 cm³/mol. The summed E-state index contributed by atoms with van der Waals surface area (Å²) in [4.78, 5) is 3.85. The van der Waals surface area contributed by atoms with Crippen LogP contribution >= 0.6 is 0 Å². The number of nitrogens with zero attached hydrogens (tertiary/aromatic N) is 2. The molecule has 14 aromatic carbocycles. The van der Waals surface area contributed by atoms with Crippen LogP contribution in [-0.2, 0) is 10.8 Å². The molecule has 4 nitrogen and oxygen atoms in total. The van der Waals surface area contributed by atoms with Crippen molar-refractivity contribution in [3.63, 3.8) is 0 Å². The van der Waals surface area contributed by atoms with Gasteiger partial charge in [-0.15, -0.1) is 0 Å². The summed E-state index contributed by atoms with van der Waals surface area (Å²) in [5.74, 6) is 1.05. The van der Waals surface area contributed by atoms with Gasteiger partial charge in [-0.3, -0.25) is 0 Å². The van der Waals surface area contributed by atoms with E-state index in [0.717, 1.165) is 89.0 Å². The number of anilines is 6. The van der Waals surface area contributed by atoms with Crippen LogP contribution in [0.25, 0.3) is 45.5 Å². The Hall–Kier alpha value is -12.5. The molecule has 0 saturated heterocycles. The average molecular weight is 1280 g/mol. The number of hydrogen-bond acceptors (Lipinski definition) is 4. The Bertz CT molecular complexity index is 5030. The molecule has 0 N–H and O–H groups in total. The van der Waals surface area contributed by atoms with Gasteiger partial charge in [0.05, 0.1) is 22.2 Å². The summed E-state index contributed by atoms with van der Waals surface area (Å²) in [6.07, 6.45) is 3.57. The number of hydrogen-bond donors (Lipinski definition) is 0. The van der Waals surface area contributed by atoms with E-state index in [1.54, 1.807) is 60.7 Å². The number of halogens is 4. The van der Waals surface area contributed by atoms with Gasteiger partial charge in [0, 0.05) is 22.7 Å². The van der Waals surface area contributed by atoms with Crippen LogP contribution in [0.2, 0.25) is 0 Å². The van der Waals surface area contributed by atoms with Gasteiger partial charge in [0.15, 0.2) is 0 Å². The Morgan fingerprint density at radius 3 is 0.980 bits per heavy atom. The lowest BCUT2D eigenvalue weighted by atomic mass is 9.67. The first-order valence-electron chi connectivity index (χ1n) is 32.4. The third-order valence-corrected chi connectivity index (χ3v) is 19.1. The van der Waals surface area contributed by atoms with Crippen molar-refractivity contribution in [3.05, 3.63) is 420 Å². The van der Waals surface area contributed by atoms with Gasteiger partial charge in [0.25, 0.3) is 0 Å². The highest BCUT2D eigenvalue weighted by molar-refractivity contribution is 5.92. The molecule has 2 aliphatic carbocycles. The third kappa shape index (κ3) is 10.4. The van der Waals surface area contributed by atoms with Crippen LogP contribution in [0.5, 0.6) is 23.0 Å². The monoisotopic (exact) mass is 1280 g/mol. The van der Waals surface area contributed by atoms with Crippen molar-refractivity contribution in [2.75, 3.05) is 9.80 Å². The molecule has 98 heavy (non-hydrogen) atoms. The van der Waals surface area contributed by atoms with Gasteiger partial charge < -0.3 is 19.3 Å². The van der Waals surface area contributed by atoms with Gasteiger partial charge in [0.1, 0.15) is 46.3 Å². The smallest absolute Gasteiger partial charge is 0.147 e. The second-order valence-corrected chi connectivity index (χ2v) is 24.5. The van der Waals surface area contributed by atoms with Crippen LogP contribution in [-0.4, -0.2) is 0 Å². The van der Waals surface area contributed by atoms with E-state index in [1.165, 1.54) is 24.3 Å². The minimum atomic E-state index is -1.02. The second kappa shape index (κ2) is 25.0. The highest BCUT2D eigenvalue weighted by Gasteiger charge is 2.48. The zero-order valence-corrected chi connectivity index (χ0v) is 53.0. The zero-order valence-electron chi connectivity index (χ0n) is 53.0. The maximum Gasteiger partial charge on any atom is 0.147 e. The lowest BCUT2D eigenvalue weighted by Crippen LogP contribution is -2.29. The second-order valence-electron chi connectivity index (χ2n) is 24.5. The first-order chi connectivity index (χ1) is 48.1. The molecule has 8 heteroatoms. The van der Waals surface area contributed by atoms with Crippen LogP contribution in [0.1, 0.15) is 55.6 Å². The molecule has 0 saturated carbocycles. The summed E-state index contributed by atoms with van der Waals surface area (Å²) in [5, 5.41) is 0. The Balaban J connectivity index is 0.769. The largest absolute Gasteiger partial charge is 0.457 e. The van der Waals surface area contributed by atoms with Gasteiger partial charge in [-0.1, -0.05) is 207 Å². The average Bonchev–Trinajstić information content (AvgIpc) is 1.53. The lowest BCUT2D eigenvalue weighted by molar-refractivity contribution is 0.482. The van der Waals surface area contributed by atoms with Crippen molar-refractivity contribution in [3.8, 4) is 56.4 Å². The summed E-state index contributed by atoms with van der Waals surface area (Å²) in [6, 6.07) is 103. The van der Waals surface area contributed by atoms with Crippen LogP contribution in [0.15, 0.2) is 341 Å². The van der Waals surface area contributed by atoms with E-state index in [-0.39, 0.29) is 11.6 Å². The van der Waals surface area contributed by atoms with E-state index in [9.17, 15) is 0 Å². The molecule has 0 aliphatic heterocycles. The number of fused-ring (bicyclic) bond motifs is 6. The SMILES string of the molecule is C=Cc1ccc(Oc2ccc(C3(c4cccc(F)c4)c4ccccc4-c4ccc(N(c5ccc(-c6ccc(N(c7ccc8c(c7)C(c7ccc(Oc9ccc(C=C)cc9)cc7)(c7cccc(F)c7)c7ccccc7-8)c7ccccc7F)cc6)cc5)c5ccccc5F)cc43)cc2)cc1. The number of para-hydroxylation sites is 2. The van der Waals surface area contributed by atoms with E-state index in [1.807, 2.05) is 216 Å². The van der Waals surface area contributed by atoms with E-state index in [4.69, 9.17) is 9.47 Å². The van der Waals surface area contributed by atoms with E-state index in [2.05, 4.69) is 61.7 Å². The minimum absolute atomic E-state index is 0.338. The Labute approximate surface area is 566 Å². The summed E-state index contributed by atoms with van der Waals surface area (Å²) in [5.41, 5.74) is 16.1. The summed E-state index contributed by atoms with van der Waals surface area (Å²) in [6.45, 7) is 7.76. The zero-order chi connectivity index (χ0) is 66.5. The maximum atomic E-state index is 16.7. The Morgan fingerprint density at radius 1 is 0.276 bits per heavy atom. The molecular formula is C90H60F4N2O2. The van der Waals surface area contributed by atoms with Gasteiger partial charge in [-0.2, -0.15) is 0 Å². The van der Waals surface area contributed by atoms with Crippen LogP contribution in [0.3, 0.4) is 0 Å². The van der Waals surface area contributed by atoms with E-state index >= 15 is 17.6 Å². The van der Waals surface area contributed by atoms with Crippen molar-refractivity contribution in [1.82, 2.24) is 0 Å². The summed E-state index contributed by atoms with van der Waals surface area (Å²) < 4.78 is 77.7. The van der Waals surface area contributed by atoms with E-state index < -0.39 is 22.5 Å². The standard InChI is InChI=1S/C90H60F4N2O2/c1-3-59-27-45-73(46-28-59)97-75-49-35-63(36-50-75)89(65-15-13-17-67(91)55-65)81-21-7-5-19-77(81)79-53-43-71(57-83(79)89)95(87-25-11-9-23-85(87)93)69-39-31-61(32-40-69)62-33-41-70(42-34-62)96(88-26-12-10-24-86(88)94)72-44-54-80-78-20-6-8-22-82(78)90(84(80)58-72,66-16-14-18-68(92)56-66)64-37-51-76(52-38-64)98-74-47-29-60(4-2)30-48-74/h3-58H,1-2H2. The molecule has 2 aliphatic rings. The molecule has 0 amide bonds. The molecule has 2 atom stereocenters. The van der Waals surface area contributed by atoms with Crippen LogP contribution < -0.4 is 19.3 Å². The van der Waals surface area contributed by atoms with Crippen molar-refractivity contribution >= 4 is 46.3 Å². The molecule has 16 rings (SSSR count). The van der Waals surface area contributed by atoms with Gasteiger partial charge in [-0.25, -0.2) is 17.6 Å². The van der Waals surface area contributed by atoms with Gasteiger partial charge >= 0.3 is 0 Å². The van der Waals surface area contributed by atoms with Crippen LogP contribution in [0.4, 0.5) is 51.7 Å². The predicted octanol–water partition coefficient (Wildman–Crippen LogP) is 24.4. The maximum absolute atomic E-state index is 16.7. The molecule has 14 aromatic rings.